The fourth-order valence-corrected chi connectivity index (χ4v) is 8.65. The summed E-state index contributed by atoms with van der Waals surface area (Å²) in [6, 6.07) is -0.617. The third-order valence-electron chi connectivity index (χ3n) is 12.8. The Bertz CT molecular complexity index is 799. The van der Waals surface area contributed by atoms with Gasteiger partial charge in [-0.2, -0.15) is 0 Å². The number of hydrogen-bond donors (Lipinski definition) is 3. The molecule has 0 aliphatic rings. The smallest absolute Gasteiger partial charge is 0.220 e. The van der Waals surface area contributed by atoms with Gasteiger partial charge in [-0.3, -0.25) is 4.79 Å². The molecule has 346 valence electrons. The summed E-state index contributed by atoms with van der Waals surface area (Å²) in [5.74, 6) is -0.0564. The number of aliphatic hydroxyl groups excluding tert-OH is 2. The maximum Gasteiger partial charge on any atom is 0.220 e. The van der Waals surface area contributed by atoms with Gasteiger partial charge in [0.15, 0.2) is 0 Å². The van der Waals surface area contributed by atoms with Crippen LogP contribution in [-0.2, 0) is 4.79 Å². The van der Waals surface area contributed by atoms with E-state index in [4.69, 9.17) is 0 Å². The van der Waals surface area contributed by atoms with E-state index in [0.717, 1.165) is 25.7 Å². The van der Waals surface area contributed by atoms with Crippen molar-refractivity contribution in [2.24, 2.45) is 0 Å². The van der Waals surface area contributed by atoms with Crippen LogP contribution >= 0.6 is 0 Å². The zero-order chi connectivity index (χ0) is 42.1. The number of allylic oxidation sites excluding steroid dienone is 1. The quantitative estimate of drug-likeness (QED) is 0.0423. The monoisotopic (exact) mass is 818 g/mol. The van der Waals surface area contributed by atoms with Crippen molar-refractivity contribution in [3.05, 3.63) is 12.2 Å². The zero-order valence-corrected chi connectivity index (χ0v) is 39.8. The first-order chi connectivity index (χ1) is 28.7. The van der Waals surface area contributed by atoms with Gasteiger partial charge in [-0.25, -0.2) is 0 Å². The molecule has 3 N–H and O–H groups in total. The third-order valence-corrected chi connectivity index (χ3v) is 12.8. The highest BCUT2D eigenvalue weighted by Crippen LogP contribution is 2.18. The maximum atomic E-state index is 12.4. The minimum absolute atomic E-state index is 0.0564. The minimum Gasteiger partial charge on any atom is -0.394 e. The van der Waals surface area contributed by atoms with Crippen molar-refractivity contribution in [3.8, 4) is 0 Å². The van der Waals surface area contributed by atoms with E-state index >= 15 is 0 Å². The Morgan fingerprint density at radius 3 is 0.897 bits per heavy atom. The normalized spacial score (nSPS) is 12.8. The van der Waals surface area contributed by atoms with E-state index in [1.165, 1.54) is 263 Å². The molecule has 0 aliphatic heterocycles. The summed E-state index contributed by atoms with van der Waals surface area (Å²) in [6.45, 7) is 4.35. The van der Waals surface area contributed by atoms with Crippen LogP contribution < -0.4 is 5.32 Å². The number of hydrogen-bond acceptors (Lipinski definition) is 3. The third kappa shape index (κ3) is 46.2. The van der Waals surface area contributed by atoms with E-state index < -0.39 is 12.1 Å². The predicted molar refractivity (Wildman–Crippen MR) is 258 cm³/mol. The van der Waals surface area contributed by atoms with Gasteiger partial charge in [0.2, 0.25) is 5.91 Å². The average molecular weight is 818 g/mol. The van der Waals surface area contributed by atoms with E-state index in [9.17, 15) is 15.0 Å². The Morgan fingerprint density at radius 1 is 0.397 bits per heavy atom. The van der Waals surface area contributed by atoms with E-state index in [1.54, 1.807) is 6.08 Å². The molecule has 0 aromatic rings. The van der Waals surface area contributed by atoms with Gasteiger partial charge in [0, 0.05) is 6.42 Å². The lowest BCUT2D eigenvalue weighted by atomic mass is 10.0. The minimum atomic E-state index is -0.835. The fourth-order valence-electron chi connectivity index (χ4n) is 8.65. The van der Waals surface area contributed by atoms with Crippen molar-refractivity contribution in [3.63, 3.8) is 0 Å². The van der Waals surface area contributed by atoms with Crippen LogP contribution in [0.3, 0.4) is 0 Å². The molecule has 0 aromatic carbocycles. The zero-order valence-electron chi connectivity index (χ0n) is 39.8. The summed E-state index contributed by atoms with van der Waals surface area (Å²) in [5, 5.41) is 23.1. The van der Waals surface area contributed by atoms with Gasteiger partial charge in [0.25, 0.3) is 0 Å². The van der Waals surface area contributed by atoms with Crippen LogP contribution in [-0.4, -0.2) is 34.9 Å². The lowest BCUT2D eigenvalue weighted by Crippen LogP contribution is -2.45. The number of nitrogens with one attached hydrogen (secondary N) is 1. The second kappa shape index (κ2) is 50.5. The first-order valence-corrected chi connectivity index (χ1v) is 26.9. The van der Waals surface area contributed by atoms with Gasteiger partial charge in [-0.15, -0.1) is 0 Å². The van der Waals surface area contributed by atoms with Gasteiger partial charge in [-0.05, 0) is 19.3 Å². The van der Waals surface area contributed by atoms with E-state index in [-0.39, 0.29) is 12.5 Å². The molecule has 0 saturated heterocycles. The van der Waals surface area contributed by atoms with Crippen LogP contribution in [0.1, 0.15) is 309 Å². The Morgan fingerprint density at radius 2 is 0.638 bits per heavy atom. The van der Waals surface area contributed by atoms with Crippen LogP contribution in [0.25, 0.3) is 0 Å². The Kier molecular flexibility index (Phi) is 49.7. The van der Waals surface area contributed by atoms with Gasteiger partial charge >= 0.3 is 0 Å². The number of rotatable bonds is 50. The first kappa shape index (κ1) is 57.1. The number of carbonyl (C=O) groups excluding carboxylic acids is 1. The fraction of sp³-hybridized carbons (Fsp3) is 0.944. The lowest BCUT2D eigenvalue weighted by molar-refractivity contribution is -0.123. The molecular formula is C54H107NO3. The van der Waals surface area contributed by atoms with Crippen molar-refractivity contribution in [2.45, 2.75) is 321 Å². The molecule has 0 rings (SSSR count). The number of unbranched alkanes of at least 4 members (excludes halogenated alkanes) is 43. The number of amides is 1. The molecule has 0 spiro atoms. The molecule has 4 heteroatoms. The summed E-state index contributed by atoms with van der Waals surface area (Å²) in [4.78, 5) is 12.4. The molecule has 2 atom stereocenters. The first-order valence-electron chi connectivity index (χ1n) is 26.9. The highest BCUT2D eigenvalue weighted by molar-refractivity contribution is 5.76. The second-order valence-electron chi connectivity index (χ2n) is 18.7. The summed E-state index contributed by atoms with van der Waals surface area (Å²) in [5.41, 5.74) is 0. The molecule has 58 heavy (non-hydrogen) atoms. The van der Waals surface area contributed by atoms with Crippen LogP contribution in [0.15, 0.2) is 12.2 Å². The van der Waals surface area contributed by atoms with E-state index in [2.05, 4.69) is 19.2 Å². The molecule has 0 aliphatic carbocycles. The predicted octanol–water partition coefficient (Wildman–Crippen LogP) is 17.4. The van der Waals surface area contributed by atoms with Gasteiger partial charge in [0.05, 0.1) is 18.8 Å². The number of aliphatic hydroxyl groups is 2. The van der Waals surface area contributed by atoms with Crippen LogP contribution in [0.2, 0.25) is 0 Å². The van der Waals surface area contributed by atoms with Crippen molar-refractivity contribution in [1.29, 1.82) is 0 Å². The molecule has 2 unspecified atom stereocenters. The highest BCUT2D eigenvalue weighted by atomic mass is 16.3. The molecular weight excluding hydrogens is 711 g/mol. The Labute approximate surface area is 365 Å². The molecule has 4 nitrogen and oxygen atoms in total. The summed E-state index contributed by atoms with van der Waals surface area (Å²) < 4.78 is 0. The molecule has 1 amide bonds. The van der Waals surface area contributed by atoms with Gasteiger partial charge in [0.1, 0.15) is 0 Å². The molecule has 0 aromatic heterocycles. The topological polar surface area (TPSA) is 69.6 Å². The molecule has 0 fully saturated rings. The highest BCUT2D eigenvalue weighted by Gasteiger charge is 2.18. The molecule has 0 heterocycles. The summed E-state index contributed by atoms with van der Waals surface area (Å²) >= 11 is 0. The Balaban J connectivity index is 3.44. The van der Waals surface area contributed by atoms with Crippen LogP contribution in [0.5, 0.6) is 0 Å². The van der Waals surface area contributed by atoms with Gasteiger partial charge < -0.3 is 15.5 Å². The summed E-state index contributed by atoms with van der Waals surface area (Å²) in [7, 11) is 0. The van der Waals surface area contributed by atoms with Crippen molar-refractivity contribution in [1.82, 2.24) is 5.32 Å². The second-order valence-corrected chi connectivity index (χ2v) is 18.7. The van der Waals surface area contributed by atoms with E-state index in [0.29, 0.717) is 6.42 Å². The van der Waals surface area contributed by atoms with Crippen molar-refractivity contribution >= 4 is 5.91 Å². The SMILES string of the molecule is CCCCCCCCCCCCCCCCCC/C=C/C(O)C(CO)NC(=O)CCCCCCCCCCCCCCCCCCCCCCCCCCCCCC. The average Bonchev–Trinajstić information content (AvgIpc) is 3.23. The summed E-state index contributed by atoms with van der Waals surface area (Å²) in [6.07, 6.45) is 65.1. The Hall–Kier alpha value is -0.870. The standard InChI is InChI=1S/C54H107NO3/c1-3-5-7-9-11-13-15-17-19-21-23-24-25-26-27-28-29-30-31-32-34-36-38-40-42-44-46-48-50-54(58)55-52(51-56)53(57)49-47-45-43-41-39-37-35-33-22-20-18-16-14-12-10-8-6-4-2/h47,49,52-53,56-57H,3-46,48,50-51H2,1-2H3,(H,55,58)/b49-47+. The largest absolute Gasteiger partial charge is 0.394 e. The maximum absolute atomic E-state index is 12.4. The van der Waals surface area contributed by atoms with Crippen LogP contribution in [0.4, 0.5) is 0 Å². The van der Waals surface area contributed by atoms with Crippen molar-refractivity contribution < 1.29 is 15.0 Å². The van der Waals surface area contributed by atoms with E-state index in [1.807, 2.05) is 6.08 Å². The molecule has 0 saturated carbocycles. The molecule has 0 radical (unpaired) electrons. The number of carbonyl (C=O) groups is 1. The lowest BCUT2D eigenvalue weighted by Gasteiger charge is -2.20. The van der Waals surface area contributed by atoms with Crippen molar-refractivity contribution in [2.75, 3.05) is 6.61 Å². The van der Waals surface area contributed by atoms with Gasteiger partial charge in [-0.1, -0.05) is 296 Å². The van der Waals surface area contributed by atoms with Crippen LogP contribution in [0, 0.1) is 0 Å². The molecule has 0 bridgehead atoms.